The average molecular weight is 372 g/mol. The number of carbonyl (C=O) groups is 1. The molecule has 1 heterocycles. The van der Waals surface area contributed by atoms with Gasteiger partial charge in [-0.1, -0.05) is 0 Å². The third-order valence-electron chi connectivity index (χ3n) is 3.83. The van der Waals surface area contributed by atoms with E-state index in [1.807, 2.05) is 22.6 Å². The van der Waals surface area contributed by atoms with Crippen molar-refractivity contribution in [2.45, 2.75) is 31.3 Å². The van der Waals surface area contributed by atoms with Crippen molar-refractivity contribution in [1.82, 2.24) is 10.2 Å². The van der Waals surface area contributed by atoms with Crippen LogP contribution in [-0.4, -0.2) is 41.1 Å². The van der Waals surface area contributed by atoms with E-state index in [1.165, 1.54) is 18.9 Å². The molecule has 0 bridgehead atoms. The molecular weight excluding hydrogens is 355 g/mol. The van der Waals surface area contributed by atoms with E-state index in [1.54, 1.807) is 12.1 Å². The number of aromatic hydroxyl groups is 1. The van der Waals surface area contributed by atoms with Crippen LogP contribution in [0.3, 0.4) is 0 Å². The maximum atomic E-state index is 12.1. The van der Waals surface area contributed by atoms with Crippen LogP contribution in [0.1, 0.15) is 29.6 Å². The first kappa shape index (κ1) is 13.2. The predicted molar refractivity (Wildman–Crippen MR) is 81.3 cm³/mol. The molecule has 2 N–H and O–H groups in total. The number of rotatable bonds is 3. The zero-order valence-electron chi connectivity index (χ0n) is 10.6. The standard InChI is InChI=1S/C14H17IN2O2/c15-12-4-1-9(7-13(12)18)14(19)16-10-5-6-17(8-10)11-2-3-11/h1,4,7,10-11,18H,2-3,5-6,8H2,(H,16,19). The molecule has 1 amide bonds. The molecule has 1 aromatic carbocycles. The summed E-state index contributed by atoms with van der Waals surface area (Å²) in [7, 11) is 0. The number of phenolic OH excluding ortho intramolecular Hbond substituents is 1. The Bertz CT molecular complexity index is 502. The number of hydrogen-bond donors (Lipinski definition) is 2. The van der Waals surface area contributed by atoms with E-state index in [9.17, 15) is 9.90 Å². The summed E-state index contributed by atoms with van der Waals surface area (Å²) < 4.78 is 0.759. The minimum Gasteiger partial charge on any atom is -0.507 e. The molecule has 1 aliphatic heterocycles. The number of benzene rings is 1. The molecule has 1 atom stereocenters. The van der Waals surface area contributed by atoms with E-state index < -0.39 is 0 Å². The Morgan fingerprint density at radius 1 is 1.37 bits per heavy atom. The van der Waals surface area contributed by atoms with Crippen molar-refractivity contribution in [3.8, 4) is 5.75 Å². The summed E-state index contributed by atoms with van der Waals surface area (Å²) in [4.78, 5) is 14.6. The van der Waals surface area contributed by atoms with Crippen molar-refractivity contribution in [1.29, 1.82) is 0 Å². The number of phenols is 1. The minimum absolute atomic E-state index is 0.0886. The second-order valence-electron chi connectivity index (χ2n) is 5.35. The molecule has 2 aliphatic rings. The van der Waals surface area contributed by atoms with E-state index in [4.69, 9.17) is 0 Å². The third kappa shape index (κ3) is 3.02. The van der Waals surface area contributed by atoms with Crippen LogP contribution in [0.15, 0.2) is 18.2 Å². The van der Waals surface area contributed by atoms with Crippen LogP contribution in [0.25, 0.3) is 0 Å². The predicted octanol–water partition coefficient (Wildman–Crippen LogP) is 1.96. The van der Waals surface area contributed by atoms with Crippen LogP contribution in [0.2, 0.25) is 0 Å². The Kier molecular flexibility index (Phi) is 3.66. The van der Waals surface area contributed by atoms with Crippen molar-refractivity contribution in [3.05, 3.63) is 27.3 Å². The van der Waals surface area contributed by atoms with Crippen molar-refractivity contribution >= 4 is 28.5 Å². The zero-order valence-corrected chi connectivity index (χ0v) is 12.8. The summed E-state index contributed by atoms with van der Waals surface area (Å²) >= 11 is 2.04. The number of nitrogens with one attached hydrogen (secondary N) is 1. The Morgan fingerprint density at radius 2 is 2.16 bits per heavy atom. The maximum absolute atomic E-state index is 12.1. The van der Waals surface area contributed by atoms with Gasteiger partial charge >= 0.3 is 0 Å². The summed E-state index contributed by atoms with van der Waals surface area (Å²) in [5, 5.41) is 12.7. The van der Waals surface area contributed by atoms with Gasteiger partial charge in [0.1, 0.15) is 5.75 Å². The lowest BCUT2D eigenvalue weighted by molar-refractivity contribution is 0.0937. The fraction of sp³-hybridized carbons (Fsp3) is 0.500. The topological polar surface area (TPSA) is 52.6 Å². The van der Waals surface area contributed by atoms with Crippen LogP contribution in [0, 0.1) is 3.57 Å². The molecule has 1 saturated carbocycles. The molecule has 1 aliphatic carbocycles. The number of amides is 1. The van der Waals surface area contributed by atoms with Crippen molar-refractivity contribution in [3.63, 3.8) is 0 Å². The van der Waals surface area contributed by atoms with Crippen molar-refractivity contribution < 1.29 is 9.90 Å². The highest BCUT2D eigenvalue weighted by Gasteiger charge is 2.34. The number of halogens is 1. The minimum atomic E-state index is -0.0886. The van der Waals surface area contributed by atoms with Crippen LogP contribution in [0.5, 0.6) is 5.75 Å². The van der Waals surface area contributed by atoms with E-state index in [0.29, 0.717) is 5.56 Å². The van der Waals surface area contributed by atoms with Crippen LogP contribution >= 0.6 is 22.6 Å². The van der Waals surface area contributed by atoms with Gasteiger partial charge in [-0.05, 0) is 60.1 Å². The lowest BCUT2D eigenvalue weighted by Crippen LogP contribution is -2.37. The molecule has 102 valence electrons. The van der Waals surface area contributed by atoms with E-state index in [0.717, 1.165) is 29.1 Å². The first-order valence-corrected chi connectivity index (χ1v) is 7.75. The number of hydrogen-bond acceptors (Lipinski definition) is 3. The highest BCUT2D eigenvalue weighted by atomic mass is 127. The van der Waals surface area contributed by atoms with Gasteiger partial charge in [0.05, 0.1) is 3.57 Å². The van der Waals surface area contributed by atoms with Crippen molar-refractivity contribution in [2.75, 3.05) is 13.1 Å². The molecule has 0 radical (unpaired) electrons. The van der Waals surface area contributed by atoms with Gasteiger partial charge in [-0.3, -0.25) is 9.69 Å². The zero-order chi connectivity index (χ0) is 13.4. The molecule has 2 fully saturated rings. The fourth-order valence-electron chi connectivity index (χ4n) is 2.60. The highest BCUT2D eigenvalue weighted by molar-refractivity contribution is 14.1. The first-order valence-electron chi connectivity index (χ1n) is 6.67. The van der Waals surface area contributed by atoms with Gasteiger partial charge in [-0.25, -0.2) is 0 Å². The van der Waals surface area contributed by atoms with Gasteiger partial charge in [-0.15, -0.1) is 0 Å². The van der Waals surface area contributed by atoms with Gasteiger partial charge in [0, 0.05) is 30.7 Å². The normalized spacial score (nSPS) is 23.5. The van der Waals surface area contributed by atoms with Crippen LogP contribution < -0.4 is 5.32 Å². The molecule has 3 rings (SSSR count). The molecule has 5 heteroatoms. The third-order valence-corrected chi connectivity index (χ3v) is 4.74. The second-order valence-corrected chi connectivity index (χ2v) is 6.51. The Labute approximate surface area is 126 Å². The SMILES string of the molecule is O=C(NC1CCN(C2CC2)C1)c1ccc(I)c(O)c1. The van der Waals surface area contributed by atoms with Crippen LogP contribution in [-0.2, 0) is 0 Å². The van der Waals surface area contributed by atoms with E-state index >= 15 is 0 Å². The molecule has 1 saturated heterocycles. The van der Waals surface area contributed by atoms with Gasteiger partial charge < -0.3 is 10.4 Å². The molecule has 19 heavy (non-hydrogen) atoms. The first-order chi connectivity index (χ1) is 9.13. The quantitative estimate of drug-likeness (QED) is 0.798. The van der Waals surface area contributed by atoms with Crippen LogP contribution in [0.4, 0.5) is 0 Å². The Balaban J connectivity index is 1.60. The molecule has 4 nitrogen and oxygen atoms in total. The smallest absolute Gasteiger partial charge is 0.251 e. The lowest BCUT2D eigenvalue weighted by atomic mass is 10.2. The van der Waals surface area contributed by atoms with Crippen molar-refractivity contribution in [2.24, 2.45) is 0 Å². The Hall–Kier alpha value is -0.820. The number of nitrogens with zero attached hydrogens (tertiary/aromatic N) is 1. The fourth-order valence-corrected chi connectivity index (χ4v) is 2.93. The second kappa shape index (κ2) is 5.28. The highest BCUT2D eigenvalue weighted by Crippen LogP contribution is 2.30. The molecular formula is C14H17IN2O2. The van der Waals surface area contributed by atoms with Gasteiger partial charge in [0.15, 0.2) is 0 Å². The molecule has 0 spiro atoms. The number of likely N-dealkylation sites (tertiary alicyclic amines) is 1. The van der Waals surface area contributed by atoms with E-state index in [2.05, 4.69) is 10.2 Å². The van der Waals surface area contributed by atoms with Gasteiger partial charge in [0.2, 0.25) is 0 Å². The summed E-state index contributed by atoms with van der Waals surface area (Å²) in [6, 6.07) is 6.06. The van der Waals surface area contributed by atoms with E-state index in [-0.39, 0.29) is 17.7 Å². The average Bonchev–Trinajstić information content (AvgIpc) is 3.14. The lowest BCUT2D eigenvalue weighted by Gasteiger charge is -2.16. The largest absolute Gasteiger partial charge is 0.507 e. The Morgan fingerprint density at radius 3 is 2.84 bits per heavy atom. The monoisotopic (exact) mass is 372 g/mol. The molecule has 0 aromatic heterocycles. The van der Waals surface area contributed by atoms with Gasteiger partial charge in [0.25, 0.3) is 5.91 Å². The molecule has 1 unspecified atom stereocenters. The van der Waals surface area contributed by atoms with Gasteiger partial charge in [-0.2, -0.15) is 0 Å². The summed E-state index contributed by atoms with van der Waals surface area (Å²) in [5.74, 6) is 0.0774. The summed E-state index contributed by atoms with van der Waals surface area (Å²) in [6.45, 7) is 2.06. The number of carbonyl (C=O) groups excluding carboxylic acids is 1. The maximum Gasteiger partial charge on any atom is 0.251 e. The summed E-state index contributed by atoms with van der Waals surface area (Å²) in [5.41, 5.74) is 0.530. The summed E-state index contributed by atoms with van der Waals surface area (Å²) in [6.07, 6.45) is 3.65. The molecule has 1 aromatic rings.